The first-order valence-corrected chi connectivity index (χ1v) is 12.7. The van der Waals surface area contributed by atoms with Gasteiger partial charge in [0.1, 0.15) is 11.3 Å². The van der Waals surface area contributed by atoms with E-state index < -0.39 is 10.0 Å². The van der Waals surface area contributed by atoms with Gasteiger partial charge in [-0.25, -0.2) is 8.42 Å². The van der Waals surface area contributed by atoms with Gasteiger partial charge in [-0.1, -0.05) is 19.0 Å². The molecule has 34 heavy (non-hydrogen) atoms. The number of hydrogen-bond acceptors (Lipinski definition) is 7. The number of sulfonamides is 1. The third kappa shape index (κ3) is 3.99. The Morgan fingerprint density at radius 3 is 2.44 bits per heavy atom. The largest absolute Gasteiger partial charge is 0.497 e. The first-order valence-electron chi connectivity index (χ1n) is 11.3. The summed E-state index contributed by atoms with van der Waals surface area (Å²) in [4.78, 5) is 4.75. The van der Waals surface area contributed by atoms with Crippen LogP contribution in [-0.2, 0) is 10.0 Å². The molecule has 0 unspecified atom stereocenters. The Bertz CT molecular complexity index is 1430. The monoisotopic (exact) mass is 481 g/mol. The molecule has 0 saturated carbocycles. The average Bonchev–Trinajstić information content (AvgIpc) is 3.43. The minimum Gasteiger partial charge on any atom is -0.497 e. The van der Waals surface area contributed by atoms with Gasteiger partial charge in [0.2, 0.25) is 15.8 Å². The molecule has 8 nitrogen and oxygen atoms in total. The molecule has 2 aromatic carbocycles. The highest BCUT2D eigenvalue weighted by Crippen LogP contribution is 2.35. The number of piperidine rings is 1. The van der Waals surface area contributed by atoms with Crippen molar-refractivity contribution < 1.29 is 22.1 Å². The maximum atomic E-state index is 13.4. The molecule has 0 amide bonds. The van der Waals surface area contributed by atoms with Crippen LogP contribution in [0.3, 0.4) is 0 Å². The van der Waals surface area contributed by atoms with Crippen LogP contribution < -0.4 is 4.74 Å². The number of benzene rings is 2. The van der Waals surface area contributed by atoms with Crippen molar-refractivity contribution in [3.63, 3.8) is 0 Å². The maximum Gasteiger partial charge on any atom is 0.294 e. The van der Waals surface area contributed by atoms with Crippen molar-refractivity contribution >= 4 is 21.0 Å². The number of nitrogens with zero attached hydrogens (tertiary/aromatic N) is 3. The molecule has 0 N–H and O–H groups in total. The molecule has 3 heterocycles. The number of furan rings is 1. The standard InChI is InChI=1S/C25H27N3O5S/c1-15-11-16(2)14-28(13-15)34(29,30)20-9-10-22-21(12-20)17(3)23(32-22)25-26-24(27-33-25)18-5-7-19(31-4)8-6-18/h5-10,12,15-16H,11,13-14H2,1-4H3/t15-,16+. The van der Waals surface area contributed by atoms with Crippen LogP contribution in [0.4, 0.5) is 0 Å². The molecule has 178 valence electrons. The van der Waals surface area contributed by atoms with Gasteiger partial charge in [-0.3, -0.25) is 0 Å². The molecule has 1 aliphatic rings. The van der Waals surface area contributed by atoms with Crippen molar-refractivity contribution in [2.75, 3.05) is 20.2 Å². The molecule has 0 spiro atoms. The van der Waals surface area contributed by atoms with Crippen LogP contribution in [0.15, 0.2) is 56.3 Å². The van der Waals surface area contributed by atoms with Gasteiger partial charge in [0.05, 0.1) is 12.0 Å². The van der Waals surface area contributed by atoms with Crippen molar-refractivity contribution in [1.82, 2.24) is 14.4 Å². The van der Waals surface area contributed by atoms with E-state index in [1.165, 1.54) is 0 Å². The van der Waals surface area contributed by atoms with Crippen molar-refractivity contribution in [2.45, 2.75) is 32.1 Å². The van der Waals surface area contributed by atoms with Gasteiger partial charge in [0.25, 0.3) is 5.89 Å². The van der Waals surface area contributed by atoms with Crippen LogP contribution in [0.1, 0.15) is 25.8 Å². The summed E-state index contributed by atoms with van der Waals surface area (Å²) in [5.41, 5.74) is 2.09. The molecule has 0 aliphatic carbocycles. The average molecular weight is 482 g/mol. The molecular weight excluding hydrogens is 454 g/mol. The summed E-state index contributed by atoms with van der Waals surface area (Å²) in [6.07, 6.45) is 1.04. The second kappa shape index (κ2) is 8.56. The Balaban J connectivity index is 1.48. The molecule has 4 aromatic rings. The Kier molecular flexibility index (Phi) is 5.69. The summed E-state index contributed by atoms with van der Waals surface area (Å²) in [5, 5.41) is 4.78. The summed E-state index contributed by atoms with van der Waals surface area (Å²) >= 11 is 0. The topological polar surface area (TPSA) is 98.7 Å². The Hall–Kier alpha value is -3.17. The van der Waals surface area contributed by atoms with E-state index in [1.54, 1.807) is 29.6 Å². The van der Waals surface area contributed by atoms with E-state index in [-0.39, 0.29) is 10.8 Å². The predicted molar refractivity (Wildman–Crippen MR) is 128 cm³/mol. The smallest absolute Gasteiger partial charge is 0.294 e. The summed E-state index contributed by atoms with van der Waals surface area (Å²) in [6.45, 7) is 7.13. The molecule has 1 aliphatic heterocycles. The number of rotatable bonds is 5. The minimum atomic E-state index is -3.60. The van der Waals surface area contributed by atoms with E-state index >= 15 is 0 Å². The van der Waals surface area contributed by atoms with Gasteiger partial charge < -0.3 is 13.7 Å². The SMILES string of the molecule is COc1ccc(-c2noc(-c3oc4ccc(S(=O)(=O)N5C[C@H](C)C[C@H](C)C5)cc4c3C)n2)cc1. The number of ether oxygens (including phenoxy) is 1. The van der Waals surface area contributed by atoms with Crippen LogP contribution >= 0.6 is 0 Å². The lowest BCUT2D eigenvalue weighted by Crippen LogP contribution is -2.42. The highest BCUT2D eigenvalue weighted by atomic mass is 32.2. The Labute approximate surface area is 198 Å². The zero-order valence-electron chi connectivity index (χ0n) is 19.6. The van der Waals surface area contributed by atoms with Crippen LogP contribution in [0.25, 0.3) is 34.0 Å². The summed E-state index contributed by atoms with van der Waals surface area (Å²) in [7, 11) is -1.99. The van der Waals surface area contributed by atoms with Crippen LogP contribution in [0.2, 0.25) is 0 Å². The third-order valence-corrected chi connectivity index (χ3v) is 8.18. The summed E-state index contributed by atoms with van der Waals surface area (Å²) in [6, 6.07) is 12.3. The van der Waals surface area contributed by atoms with Gasteiger partial charge in [0, 0.05) is 29.6 Å². The minimum absolute atomic E-state index is 0.239. The van der Waals surface area contributed by atoms with E-state index in [9.17, 15) is 8.42 Å². The number of fused-ring (bicyclic) bond motifs is 1. The second-order valence-corrected chi connectivity index (χ2v) is 11.1. The van der Waals surface area contributed by atoms with Crippen molar-refractivity contribution in [3.05, 3.63) is 48.0 Å². The van der Waals surface area contributed by atoms with E-state index in [0.29, 0.717) is 47.5 Å². The summed E-state index contributed by atoms with van der Waals surface area (Å²) < 4.78 is 45.0. The molecule has 5 rings (SSSR count). The summed E-state index contributed by atoms with van der Waals surface area (Å²) in [5.74, 6) is 2.50. The van der Waals surface area contributed by atoms with Gasteiger partial charge in [-0.05, 0) is 67.6 Å². The molecule has 2 atom stereocenters. The first kappa shape index (κ1) is 22.6. The van der Waals surface area contributed by atoms with Gasteiger partial charge in [-0.15, -0.1) is 0 Å². The second-order valence-electron chi connectivity index (χ2n) is 9.13. The number of methoxy groups -OCH3 is 1. The Morgan fingerprint density at radius 2 is 1.76 bits per heavy atom. The van der Waals surface area contributed by atoms with E-state index in [4.69, 9.17) is 13.7 Å². The Morgan fingerprint density at radius 1 is 1.06 bits per heavy atom. The molecule has 0 radical (unpaired) electrons. The zero-order chi connectivity index (χ0) is 24.0. The first-order chi connectivity index (χ1) is 16.3. The van der Waals surface area contributed by atoms with Crippen molar-refractivity contribution in [1.29, 1.82) is 0 Å². The van der Waals surface area contributed by atoms with E-state index in [2.05, 4.69) is 24.0 Å². The molecule has 9 heteroatoms. The highest BCUT2D eigenvalue weighted by Gasteiger charge is 2.32. The molecule has 1 fully saturated rings. The lowest BCUT2D eigenvalue weighted by molar-refractivity contribution is 0.222. The molecular formula is C25H27N3O5S. The fourth-order valence-electron chi connectivity index (χ4n) is 4.69. The molecule has 2 aromatic heterocycles. The van der Waals surface area contributed by atoms with Crippen molar-refractivity contribution in [3.8, 4) is 28.8 Å². The zero-order valence-corrected chi connectivity index (χ0v) is 20.4. The fourth-order valence-corrected chi connectivity index (χ4v) is 6.39. The fraction of sp³-hybridized carbons (Fsp3) is 0.360. The highest BCUT2D eigenvalue weighted by molar-refractivity contribution is 7.89. The molecule has 0 bridgehead atoms. The lowest BCUT2D eigenvalue weighted by atomic mass is 9.94. The van der Waals surface area contributed by atoms with Crippen LogP contribution in [0.5, 0.6) is 5.75 Å². The van der Waals surface area contributed by atoms with E-state index in [1.807, 2.05) is 31.2 Å². The van der Waals surface area contributed by atoms with Gasteiger partial charge in [0.15, 0.2) is 5.76 Å². The lowest BCUT2D eigenvalue weighted by Gasteiger charge is -2.34. The number of aromatic nitrogens is 2. The quantitative estimate of drug-likeness (QED) is 0.389. The van der Waals surface area contributed by atoms with Crippen molar-refractivity contribution in [2.24, 2.45) is 11.8 Å². The van der Waals surface area contributed by atoms with Gasteiger partial charge >= 0.3 is 0 Å². The molecule has 1 saturated heterocycles. The predicted octanol–water partition coefficient (Wildman–Crippen LogP) is 5.13. The number of hydrogen-bond donors (Lipinski definition) is 0. The van der Waals surface area contributed by atoms with Gasteiger partial charge in [-0.2, -0.15) is 9.29 Å². The van der Waals surface area contributed by atoms with Crippen LogP contribution in [0, 0.1) is 18.8 Å². The third-order valence-electron chi connectivity index (χ3n) is 6.35. The van der Waals surface area contributed by atoms with E-state index in [0.717, 1.165) is 23.3 Å². The number of aryl methyl sites for hydroxylation is 1. The normalized spacial score (nSPS) is 19.5. The maximum absolute atomic E-state index is 13.4. The van der Waals surface area contributed by atoms with Crippen LogP contribution in [-0.4, -0.2) is 43.1 Å².